The third-order valence-electron chi connectivity index (χ3n) is 2.65. The first kappa shape index (κ1) is 14.6. The molecule has 0 atom stereocenters. The highest BCUT2D eigenvalue weighted by Gasteiger charge is 2.16. The van der Waals surface area contributed by atoms with E-state index in [1.165, 1.54) is 21.3 Å². The first-order chi connectivity index (χ1) is 10.1. The molecule has 0 saturated heterocycles. The fourth-order valence-electron chi connectivity index (χ4n) is 1.75. The van der Waals surface area contributed by atoms with E-state index >= 15 is 0 Å². The number of methoxy groups -OCH3 is 3. The van der Waals surface area contributed by atoms with E-state index in [0.717, 1.165) is 4.80 Å². The number of nitrogens with zero attached hydrogens (tertiary/aromatic N) is 4. The number of rotatable bonds is 6. The Morgan fingerprint density at radius 3 is 2.29 bits per heavy atom. The van der Waals surface area contributed by atoms with Crippen LogP contribution < -0.4 is 19.3 Å². The number of aromatic nitrogens is 4. The summed E-state index contributed by atoms with van der Waals surface area (Å²) in [6.07, 6.45) is 0. The molecule has 0 saturated carbocycles. The van der Waals surface area contributed by atoms with Gasteiger partial charge in [-0.15, -0.1) is 10.2 Å². The summed E-state index contributed by atoms with van der Waals surface area (Å²) >= 11 is 0. The first-order valence-corrected chi connectivity index (χ1v) is 5.87. The van der Waals surface area contributed by atoms with Crippen molar-refractivity contribution in [2.24, 2.45) is 0 Å². The van der Waals surface area contributed by atoms with Gasteiger partial charge in [0.25, 0.3) is 0 Å². The minimum atomic E-state index is -1.30. The average Bonchev–Trinajstić information content (AvgIpc) is 2.93. The molecule has 2 rings (SSSR count). The lowest BCUT2D eigenvalue weighted by Gasteiger charge is -2.12. The van der Waals surface area contributed by atoms with Gasteiger partial charge in [0, 0.05) is 5.56 Å². The highest BCUT2D eigenvalue weighted by molar-refractivity contribution is 5.66. The fourth-order valence-corrected chi connectivity index (χ4v) is 1.75. The van der Waals surface area contributed by atoms with Crippen molar-refractivity contribution in [3.8, 4) is 28.6 Å². The van der Waals surface area contributed by atoms with Gasteiger partial charge in [-0.25, -0.2) is 0 Å². The van der Waals surface area contributed by atoms with Crippen LogP contribution >= 0.6 is 0 Å². The second kappa shape index (κ2) is 6.07. The predicted octanol–water partition coefficient (Wildman–Crippen LogP) is -0.884. The Kier molecular flexibility index (Phi) is 4.21. The number of carboxylic acids is 1. The van der Waals surface area contributed by atoms with Crippen LogP contribution in [-0.2, 0) is 11.3 Å². The average molecular weight is 293 g/mol. The third-order valence-corrected chi connectivity index (χ3v) is 2.65. The summed E-state index contributed by atoms with van der Waals surface area (Å²) in [6, 6.07) is 3.28. The van der Waals surface area contributed by atoms with Gasteiger partial charge in [-0.05, 0) is 17.3 Å². The molecular weight excluding hydrogens is 280 g/mol. The number of carboxylic acid groups (broad SMARTS) is 1. The predicted molar refractivity (Wildman–Crippen MR) is 67.9 cm³/mol. The summed E-state index contributed by atoms with van der Waals surface area (Å²) in [4.78, 5) is 11.4. The van der Waals surface area contributed by atoms with Crippen molar-refractivity contribution in [2.45, 2.75) is 6.54 Å². The van der Waals surface area contributed by atoms with E-state index in [9.17, 15) is 9.90 Å². The van der Waals surface area contributed by atoms with Crippen LogP contribution in [0.2, 0.25) is 0 Å². The monoisotopic (exact) mass is 293 g/mol. The lowest BCUT2D eigenvalue weighted by molar-refractivity contribution is -0.307. The van der Waals surface area contributed by atoms with Crippen LogP contribution in [0.4, 0.5) is 0 Å². The molecule has 0 unspecified atom stereocenters. The van der Waals surface area contributed by atoms with Crippen LogP contribution in [0.3, 0.4) is 0 Å². The SMILES string of the molecule is COc1cc(-c2nnn(CC(=O)[O-])n2)cc(OC)c1OC. The molecule has 0 radical (unpaired) electrons. The molecule has 0 aliphatic carbocycles. The normalized spacial score (nSPS) is 10.2. The fraction of sp³-hybridized carbons (Fsp3) is 0.333. The number of ether oxygens (including phenoxy) is 3. The number of carbonyl (C=O) groups is 1. The van der Waals surface area contributed by atoms with Crippen LogP contribution in [0, 0.1) is 0 Å². The number of carbonyl (C=O) groups excluding carboxylic acids is 1. The molecule has 0 fully saturated rings. The zero-order valence-electron chi connectivity index (χ0n) is 11.7. The lowest BCUT2D eigenvalue weighted by atomic mass is 10.1. The van der Waals surface area contributed by atoms with Crippen molar-refractivity contribution in [3.63, 3.8) is 0 Å². The minimum absolute atomic E-state index is 0.232. The number of hydrogen-bond acceptors (Lipinski definition) is 8. The molecule has 0 N–H and O–H groups in total. The van der Waals surface area contributed by atoms with E-state index in [0.29, 0.717) is 22.8 Å². The van der Waals surface area contributed by atoms with Crippen molar-refractivity contribution in [1.29, 1.82) is 0 Å². The molecule has 0 bridgehead atoms. The van der Waals surface area contributed by atoms with Crippen LogP contribution in [-0.4, -0.2) is 47.5 Å². The topological polar surface area (TPSA) is 111 Å². The van der Waals surface area contributed by atoms with Crippen molar-refractivity contribution >= 4 is 5.97 Å². The van der Waals surface area contributed by atoms with E-state index in [2.05, 4.69) is 15.4 Å². The summed E-state index contributed by atoms with van der Waals surface area (Å²) in [5, 5.41) is 21.9. The van der Waals surface area contributed by atoms with Gasteiger partial charge in [-0.2, -0.15) is 4.80 Å². The maximum absolute atomic E-state index is 10.5. The summed E-state index contributed by atoms with van der Waals surface area (Å²) in [5.41, 5.74) is 0.550. The minimum Gasteiger partial charge on any atom is -0.548 e. The van der Waals surface area contributed by atoms with Gasteiger partial charge in [-0.3, -0.25) is 0 Å². The van der Waals surface area contributed by atoms with Gasteiger partial charge in [0.15, 0.2) is 11.5 Å². The van der Waals surface area contributed by atoms with E-state index in [1.807, 2.05) is 0 Å². The third kappa shape index (κ3) is 3.02. The Morgan fingerprint density at radius 1 is 1.19 bits per heavy atom. The first-order valence-electron chi connectivity index (χ1n) is 5.87. The summed E-state index contributed by atoms with van der Waals surface area (Å²) < 4.78 is 15.7. The maximum Gasteiger partial charge on any atom is 0.205 e. The number of hydrogen-bond donors (Lipinski definition) is 0. The molecule has 0 aliphatic heterocycles. The number of tetrazole rings is 1. The quantitative estimate of drug-likeness (QED) is 0.674. The standard InChI is InChI=1S/C12H14N4O5/c1-19-8-4-7(5-9(20-2)11(8)21-3)12-13-15-16(14-12)6-10(17)18/h4-5H,6H2,1-3H3,(H,17,18)/p-1. The van der Waals surface area contributed by atoms with Crippen molar-refractivity contribution in [3.05, 3.63) is 12.1 Å². The molecule has 9 heteroatoms. The van der Waals surface area contributed by atoms with Crippen LogP contribution in [0.15, 0.2) is 12.1 Å². The van der Waals surface area contributed by atoms with Gasteiger partial charge in [0.1, 0.15) is 6.54 Å². The molecule has 21 heavy (non-hydrogen) atoms. The zero-order chi connectivity index (χ0) is 15.4. The zero-order valence-corrected chi connectivity index (χ0v) is 11.7. The van der Waals surface area contributed by atoms with Gasteiger partial charge in [-0.1, -0.05) is 0 Å². The molecule has 9 nitrogen and oxygen atoms in total. The highest BCUT2D eigenvalue weighted by atomic mass is 16.5. The van der Waals surface area contributed by atoms with Gasteiger partial charge < -0.3 is 24.1 Å². The largest absolute Gasteiger partial charge is 0.548 e. The summed E-state index contributed by atoms with van der Waals surface area (Å²) in [6.45, 7) is -0.475. The molecule has 112 valence electrons. The molecule has 1 heterocycles. The van der Waals surface area contributed by atoms with Crippen LogP contribution in [0.25, 0.3) is 11.4 Å². The Labute approximate surface area is 120 Å². The Balaban J connectivity index is 2.44. The van der Waals surface area contributed by atoms with Crippen LogP contribution in [0.1, 0.15) is 0 Å². The molecule has 1 aromatic carbocycles. The Hall–Kier alpha value is -2.84. The van der Waals surface area contributed by atoms with E-state index < -0.39 is 12.5 Å². The Bertz CT molecular complexity index is 630. The maximum atomic E-state index is 10.5. The molecule has 0 spiro atoms. The highest BCUT2D eigenvalue weighted by Crippen LogP contribution is 2.40. The number of aliphatic carboxylic acids is 1. The van der Waals surface area contributed by atoms with Gasteiger partial charge in [0.2, 0.25) is 11.6 Å². The number of benzene rings is 1. The summed E-state index contributed by atoms with van der Waals surface area (Å²) in [5.74, 6) is 0.233. The molecule has 1 aromatic heterocycles. The van der Waals surface area contributed by atoms with Crippen molar-refractivity contribution in [2.75, 3.05) is 21.3 Å². The molecular formula is C12H13N4O5-. The Morgan fingerprint density at radius 2 is 1.81 bits per heavy atom. The molecule has 0 aliphatic rings. The van der Waals surface area contributed by atoms with Crippen LogP contribution in [0.5, 0.6) is 17.2 Å². The van der Waals surface area contributed by atoms with Gasteiger partial charge >= 0.3 is 0 Å². The van der Waals surface area contributed by atoms with E-state index in [4.69, 9.17) is 14.2 Å². The molecule has 2 aromatic rings. The van der Waals surface area contributed by atoms with Crippen molar-refractivity contribution in [1.82, 2.24) is 20.2 Å². The smallest absolute Gasteiger partial charge is 0.205 e. The lowest BCUT2D eigenvalue weighted by Crippen LogP contribution is -2.28. The van der Waals surface area contributed by atoms with Crippen molar-refractivity contribution < 1.29 is 24.1 Å². The van der Waals surface area contributed by atoms with Gasteiger partial charge in [0.05, 0.1) is 27.3 Å². The van der Waals surface area contributed by atoms with E-state index in [-0.39, 0.29) is 5.82 Å². The summed E-state index contributed by atoms with van der Waals surface area (Å²) in [7, 11) is 4.47. The van der Waals surface area contributed by atoms with E-state index in [1.54, 1.807) is 12.1 Å². The second-order valence-electron chi connectivity index (χ2n) is 3.93. The molecule has 0 amide bonds. The second-order valence-corrected chi connectivity index (χ2v) is 3.93.